The summed E-state index contributed by atoms with van der Waals surface area (Å²) in [4.78, 5) is 25.7. The van der Waals surface area contributed by atoms with Gasteiger partial charge in [0.25, 0.3) is 0 Å². The number of nitrogens with zero attached hydrogens (tertiary/aromatic N) is 3. The summed E-state index contributed by atoms with van der Waals surface area (Å²) in [6, 6.07) is 7.83. The van der Waals surface area contributed by atoms with Gasteiger partial charge in [-0.25, -0.2) is 9.97 Å². The van der Waals surface area contributed by atoms with Crippen molar-refractivity contribution in [1.29, 1.82) is 0 Å². The van der Waals surface area contributed by atoms with E-state index in [2.05, 4.69) is 27.1 Å². The molecule has 2 aromatic heterocycles. The van der Waals surface area contributed by atoms with Crippen molar-refractivity contribution in [3.63, 3.8) is 0 Å². The number of aryl methyl sites for hydroxylation is 1. The lowest BCUT2D eigenvalue weighted by atomic mass is 9.96. The fraction of sp³-hybridized carbons (Fsp3) is 0.409. The molecule has 3 aromatic rings. The number of nitrogens with one attached hydrogen (secondary N) is 1. The third-order valence-corrected chi connectivity index (χ3v) is 7.33. The number of hydrogen-bond donors (Lipinski definition) is 1. The Balaban J connectivity index is 1.42. The highest BCUT2D eigenvalue weighted by molar-refractivity contribution is 7.16. The van der Waals surface area contributed by atoms with Crippen LogP contribution in [0.5, 0.6) is 0 Å². The predicted octanol–water partition coefficient (Wildman–Crippen LogP) is 4.49. The van der Waals surface area contributed by atoms with Crippen molar-refractivity contribution in [1.82, 2.24) is 9.97 Å². The molecule has 3 heterocycles. The van der Waals surface area contributed by atoms with Gasteiger partial charge in [-0.05, 0) is 68.7 Å². The molecule has 144 valence electrons. The molecule has 1 aliphatic heterocycles. The Morgan fingerprint density at radius 2 is 2.04 bits per heavy atom. The van der Waals surface area contributed by atoms with E-state index in [0.717, 1.165) is 53.9 Å². The van der Waals surface area contributed by atoms with Crippen LogP contribution in [0.25, 0.3) is 10.9 Å². The van der Waals surface area contributed by atoms with Crippen LogP contribution in [0.1, 0.15) is 41.7 Å². The van der Waals surface area contributed by atoms with Crippen LogP contribution >= 0.6 is 11.3 Å². The molecule has 2 aliphatic rings. The number of fused-ring (bicyclic) bond motifs is 2. The molecule has 0 unspecified atom stereocenters. The highest BCUT2D eigenvalue weighted by Gasteiger charge is 2.33. The quantitative estimate of drug-likeness (QED) is 0.714. The minimum Gasteiger partial charge on any atom is -0.344 e. The molecule has 1 aliphatic carbocycles. The SMILES string of the molecule is Cc1c(NC(=O)[C@@H]2CCCN2c2ncnc3ccccc23)sc2c1CCCC2. The Hall–Kier alpha value is -2.47. The number of carbonyl (C=O) groups excluding carboxylic acids is 1. The molecule has 0 spiro atoms. The summed E-state index contributed by atoms with van der Waals surface area (Å²) >= 11 is 1.77. The number of para-hydroxylation sites is 1. The van der Waals surface area contributed by atoms with E-state index in [1.165, 1.54) is 28.8 Å². The van der Waals surface area contributed by atoms with Gasteiger partial charge >= 0.3 is 0 Å². The zero-order valence-corrected chi connectivity index (χ0v) is 16.9. The smallest absolute Gasteiger partial charge is 0.247 e. The maximum absolute atomic E-state index is 13.2. The second-order valence-corrected chi connectivity index (χ2v) is 8.83. The molecule has 28 heavy (non-hydrogen) atoms. The van der Waals surface area contributed by atoms with Crippen LogP contribution in [-0.2, 0) is 17.6 Å². The van der Waals surface area contributed by atoms with E-state index >= 15 is 0 Å². The van der Waals surface area contributed by atoms with E-state index < -0.39 is 0 Å². The van der Waals surface area contributed by atoms with Crippen molar-refractivity contribution < 1.29 is 4.79 Å². The second kappa shape index (κ2) is 7.17. The highest BCUT2D eigenvalue weighted by atomic mass is 32.1. The molecule has 1 amide bonds. The van der Waals surface area contributed by atoms with Gasteiger partial charge in [-0.15, -0.1) is 11.3 Å². The average Bonchev–Trinajstić information content (AvgIpc) is 3.33. The zero-order valence-electron chi connectivity index (χ0n) is 16.1. The Morgan fingerprint density at radius 3 is 2.93 bits per heavy atom. The molecular weight excluding hydrogens is 368 g/mol. The summed E-state index contributed by atoms with van der Waals surface area (Å²) in [5, 5.41) is 5.30. The average molecular weight is 393 g/mol. The summed E-state index contributed by atoms with van der Waals surface area (Å²) in [6.45, 7) is 3.00. The van der Waals surface area contributed by atoms with Crippen molar-refractivity contribution in [3.05, 3.63) is 46.6 Å². The van der Waals surface area contributed by atoms with Crippen molar-refractivity contribution >= 4 is 39.0 Å². The number of anilines is 2. The lowest BCUT2D eigenvalue weighted by Crippen LogP contribution is -2.40. The Labute approximate surface area is 168 Å². The van der Waals surface area contributed by atoms with Crippen molar-refractivity contribution in [3.8, 4) is 0 Å². The number of benzene rings is 1. The Kier molecular flexibility index (Phi) is 4.51. The maximum atomic E-state index is 13.2. The normalized spacial score (nSPS) is 19.0. The third kappa shape index (κ3) is 2.96. The van der Waals surface area contributed by atoms with Crippen LogP contribution < -0.4 is 10.2 Å². The van der Waals surface area contributed by atoms with Gasteiger partial charge in [-0.1, -0.05) is 12.1 Å². The van der Waals surface area contributed by atoms with E-state index in [1.807, 2.05) is 24.3 Å². The van der Waals surface area contributed by atoms with Gasteiger partial charge in [0.2, 0.25) is 5.91 Å². The van der Waals surface area contributed by atoms with E-state index in [0.29, 0.717) is 0 Å². The number of hydrogen-bond acceptors (Lipinski definition) is 5. The molecule has 0 saturated carbocycles. The minimum atomic E-state index is -0.183. The van der Waals surface area contributed by atoms with Gasteiger partial charge < -0.3 is 10.2 Å². The largest absolute Gasteiger partial charge is 0.344 e. The van der Waals surface area contributed by atoms with Crippen molar-refractivity contribution in [2.24, 2.45) is 0 Å². The minimum absolute atomic E-state index is 0.0851. The topological polar surface area (TPSA) is 58.1 Å². The molecule has 1 aromatic carbocycles. The summed E-state index contributed by atoms with van der Waals surface area (Å²) in [5.74, 6) is 0.951. The summed E-state index contributed by atoms with van der Waals surface area (Å²) in [5.41, 5.74) is 3.65. The molecule has 5 nitrogen and oxygen atoms in total. The molecule has 1 N–H and O–H groups in total. The van der Waals surface area contributed by atoms with Crippen LogP contribution in [0.2, 0.25) is 0 Å². The molecular formula is C22H24N4OS. The standard InChI is InChI=1S/C22H24N4OS/c1-14-15-7-3-5-11-19(15)28-22(14)25-21(27)18-10-6-12-26(18)20-16-8-2-4-9-17(16)23-13-24-20/h2,4,8-9,13,18H,3,5-7,10-12H2,1H3,(H,25,27)/t18-/m0/s1. The van der Waals surface area contributed by atoms with Crippen LogP contribution in [-0.4, -0.2) is 28.5 Å². The van der Waals surface area contributed by atoms with Crippen LogP contribution in [0.4, 0.5) is 10.8 Å². The summed E-state index contributed by atoms with van der Waals surface area (Å²) in [6.07, 6.45) is 8.27. The maximum Gasteiger partial charge on any atom is 0.247 e. The molecule has 1 atom stereocenters. The first-order valence-electron chi connectivity index (χ1n) is 10.1. The van der Waals surface area contributed by atoms with Crippen LogP contribution in [0.15, 0.2) is 30.6 Å². The number of carbonyl (C=O) groups is 1. The van der Waals surface area contributed by atoms with Crippen LogP contribution in [0.3, 0.4) is 0 Å². The van der Waals surface area contributed by atoms with E-state index in [9.17, 15) is 4.79 Å². The number of amides is 1. The third-order valence-electron chi connectivity index (χ3n) is 6.02. The Bertz CT molecular complexity index is 1040. The van der Waals surface area contributed by atoms with Crippen molar-refractivity contribution in [2.75, 3.05) is 16.8 Å². The van der Waals surface area contributed by atoms with E-state index in [-0.39, 0.29) is 11.9 Å². The first kappa shape index (κ1) is 17.6. The van der Waals surface area contributed by atoms with Crippen LogP contribution in [0, 0.1) is 6.92 Å². The monoisotopic (exact) mass is 392 g/mol. The molecule has 5 rings (SSSR count). The van der Waals surface area contributed by atoms with E-state index in [1.54, 1.807) is 17.7 Å². The molecule has 1 saturated heterocycles. The Morgan fingerprint density at radius 1 is 1.18 bits per heavy atom. The molecule has 1 fully saturated rings. The van der Waals surface area contributed by atoms with Gasteiger partial charge in [0.1, 0.15) is 18.2 Å². The highest BCUT2D eigenvalue weighted by Crippen LogP contribution is 2.38. The van der Waals surface area contributed by atoms with E-state index in [4.69, 9.17) is 0 Å². The predicted molar refractivity (Wildman–Crippen MR) is 114 cm³/mol. The van der Waals surface area contributed by atoms with Gasteiger partial charge in [-0.2, -0.15) is 0 Å². The fourth-order valence-electron chi connectivity index (χ4n) is 4.55. The molecule has 0 radical (unpaired) electrons. The first-order valence-corrected chi connectivity index (χ1v) is 10.9. The van der Waals surface area contributed by atoms with Gasteiger partial charge in [0.05, 0.1) is 10.5 Å². The number of thiophene rings is 1. The first-order chi connectivity index (χ1) is 13.7. The zero-order chi connectivity index (χ0) is 19.1. The van der Waals surface area contributed by atoms with Gasteiger partial charge in [-0.3, -0.25) is 4.79 Å². The molecule has 6 heteroatoms. The van der Waals surface area contributed by atoms with Crippen molar-refractivity contribution in [2.45, 2.75) is 51.5 Å². The molecule has 0 bridgehead atoms. The summed E-state index contributed by atoms with van der Waals surface area (Å²) < 4.78 is 0. The second-order valence-electron chi connectivity index (χ2n) is 7.72. The number of rotatable bonds is 3. The lowest BCUT2D eigenvalue weighted by molar-refractivity contribution is -0.117. The summed E-state index contributed by atoms with van der Waals surface area (Å²) in [7, 11) is 0. The fourth-order valence-corrected chi connectivity index (χ4v) is 5.85. The van der Waals surface area contributed by atoms with Gasteiger partial charge in [0, 0.05) is 16.8 Å². The van der Waals surface area contributed by atoms with Gasteiger partial charge in [0.15, 0.2) is 0 Å². The number of aromatic nitrogens is 2. The lowest BCUT2D eigenvalue weighted by Gasteiger charge is -2.25.